The quantitative estimate of drug-likeness (QED) is 0.747. The SMILES string of the molecule is CNc1cc(NCC(C)(O)CSC)nc(C(F)(F)F)n1. The van der Waals surface area contributed by atoms with E-state index in [-0.39, 0.29) is 18.2 Å². The minimum atomic E-state index is -4.62. The molecule has 0 saturated carbocycles. The molecule has 1 aromatic rings. The lowest BCUT2D eigenvalue weighted by Gasteiger charge is -2.23. The van der Waals surface area contributed by atoms with Crippen LogP contribution in [0.4, 0.5) is 24.8 Å². The summed E-state index contributed by atoms with van der Waals surface area (Å²) in [5, 5.41) is 15.2. The van der Waals surface area contributed by atoms with Crippen LogP contribution in [0.2, 0.25) is 0 Å². The number of halogens is 3. The number of aromatic nitrogens is 2. The van der Waals surface area contributed by atoms with E-state index < -0.39 is 17.6 Å². The van der Waals surface area contributed by atoms with Gasteiger partial charge in [0, 0.05) is 25.4 Å². The molecule has 0 saturated heterocycles. The fraction of sp³-hybridized carbons (Fsp3) is 0.636. The van der Waals surface area contributed by atoms with Crippen LogP contribution in [0.1, 0.15) is 12.7 Å². The van der Waals surface area contributed by atoms with Gasteiger partial charge in [0.15, 0.2) is 0 Å². The van der Waals surface area contributed by atoms with Crippen molar-refractivity contribution in [2.75, 3.05) is 36.2 Å². The molecule has 0 bridgehead atoms. The molecule has 1 aromatic heterocycles. The zero-order chi connectivity index (χ0) is 15.4. The molecule has 0 fully saturated rings. The van der Waals surface area contributed by atoms with Crippen LogP contribution in [0.25, 0.3) is 0 Å². The van der Waals surface area contributed by atoms with Crippen molar-refractivity contribution in [2.45, 2.75) is 18.7 Å². The zero-order valence-electron chi connectivity index (χ0n) is 11.4. The summed E-state index contributed by atoms with van der Waals surface area (Å²) in [7, 11) is 1.47. The van der Waals surface area contributed by atoms with E-state index in [9.17, 15) is 18.3 Å². The normalized spacial score (nSPS) is 14.8. The summed E-state index contributed by atoms with van der Waals surface area (Å²) in [5.74, 6) is -0.704. The minimum Gasteiger partial charge on any atom is -0.387 e. The summed E-state index contributed by atoms with van der Waals surface area (Å²) < 4.78 is 37.9. The van der Waals surface area contributed by atoms with Crippen molar-refractivity contribution in [2.24, 2.45) is 0 Å². The number of aliphatic hydroxyl groups is 1. The standard InChI is InChI=1S/C11H17F3N4OS/c1-10(19,6-20-3)5-16-8-4-7(15-2)17-9(18-8)11(12,13)14/h4,19H,5-6H2,1-3H3,(H2,15,16,17,18). The van der Waals surface area contributed by atoms with Gasteiger partial charge < -0.3 is 15.7 Å². The molecule has 20 heavy (non-hydrogen) atoms. The predicted molar refractivity (Wildman–Crippen MR) is 74.1 cm³/mol. The van der Waals surface area contributed by atoms with Crippen LogP contribution in [0.3, 0.4) is 0 Å². The second kappa shape index (κ2) is 6.49. The van der Waals surface area contributed by atoms with Crippen LogP contribution in [0, 0.1) is 0 Å². The number of thioether (sulfide) groups is 1. The number of nitrogens with one attached hydrogen (secondary N) is 2. The van der Waals surface area contributed by atoms with Crippen molar-refractivity contribution >= 4 is 23.4 Å². The van der Waals surface area contributed by atoms with E-state index in [1.807, 2.05) is 6.26 Å². The smallest absolute Gasteiger partial charge is 0.387 e. The van der Waals surface area contributed by atoms with Gasteiger partial charge in [-0.05, 0) is 13.2 Å². The second-order valence-electron chi connectivity index (χ2n) is 4.49. The topological polar surface area (TPSA) is 70.1 Å². The number of rotatable bonds is 6. The molecular weight excluding hydrogens is 293 g/mol. The Hall–Kier alpha value is -1.22. The van der Waals surface area contributed by atoms with Crippen molar-refractivity contribution in [3.05, 3.63) is 11.9 Å². The summed E-state index contributed by atoms with van der Waals surface area (Å²) in [5.41, 5.74) is -1.04. The lowest BCUT2D eigenvalue weighted by atomic mass is 10.1. The first kappa shape index (κ1) is 16.8. The maximum Gasteiger partial charge on any atom is 0.451 e. The van der Waals surface area contributed by atoms with Gasteiger partial charge in [0.05, 0.1) is 5.60 Å². The molecule has 114 valence electrons. The molecule has 0 spiro atoms. The van der Waals surface area contributed by atoms with E-state index in [0.29, 0.717) is 5.75 Å². The summed E-state index contributed by atoms with van der Waals surface area (Å²) in [6.07, 6.45) is -2.79. The highest BCUT2D eigenvalue weighted by Crippen LogP contribution is 2.28. The van der Waals surface area contributed by atoms with Crippen molar-refractivity contribution < 1.29 is 18.3 Å². The van der Waals surface area contributed by atoms with E-state index >= 15 is 0 Å². The molecule has 1 atom stereocenters. The number of anilines is 2. The molecule has 1 unspecified atom stereocenters. The number of alkyl halides is 3. The molecule has 0 aliphatic carbocycles. The van der Waals surface area contributed by atoms with E-state index in [1.54, 1.807) is 6.92 Å². The molecule has 5 nitrogen and oxygen atoms in total. The molecule has 0 aliphatic heterocycles. The van der Waals surface area contributed by atoms with E-state index in [1.165, 1.54) is 24.9 Å². The maximum atomic E-state index is 12.6. The lowest BCUT2D eigenvalue weighted by molar-refractivity contribution is -0.144. The second-order valence-corrected chi connectivity index (χ2v) is 5.36. The average molecular weight is 310 g/mol. The van der Waals surface area contributed by atoms with Crippen LogP contribution in [0.5, 0.6) is 0 Å². The van der Waals surface area contributed by atoms with Crippen LogP contribution in [0.15, 0.2) is 6.07 Å². The minimum absolute atomic E-state index is 0.0121. The van der Waals surface area contributed by atoms with Gasteiger partial charge >= 0.3 is 6.18 Å². The summed E-state index contributed by atoms with van der Waals surface area (Å²) in [4.78, 5) is 6.76. The Labute approximate surface area is 119 Å². The third kappa shape index (κ3) is 5.04. The Balaban J connectivity index is 2.90. The first-order chi connectivity index (χ1) is 9.18. The molecular formula is C11H17F3N4OS. The number of hydrogen-bond donors (Lipinski definition) is 3. The van der Waals surface area contributed by atoms with Crippen molar-refractivity contribution in [3.8, 4) is 0 Å². The van der Waals surface area contributed by atoms with Crippen LogP contribution < -0.4 is 10.6 Å². The van der Waals surface area contributed by atoms with Crippen molar-refractivity contribution in [1.82, 2.24) is 9.97 Å². The van der Waals surface area contributed by atoms with Crippen molar-refractivity contribution in [3.63, 3.8) is 0 Å². The Morgan fingerprint density at radius 3 is 2.40 bits per heavy atom. The fourth-order valence-corrected chi connectivity index (χ4v) is 2.16. The third-order valence-corrected chi connectivity index (χ3v) is 3.25. The van der Waals surface area contributed by atoms with Crippen LogP contribution in [-0.2, 0) is 6.18 Å². The Bertz CT molecular complexity index is 454. The van der Waals surface area contributed by atoms with Gasteiger partial charge in [0.25, 0.3) is 0 Å². The monoisotopic (exact) mass is 310 g/mol. The predicted octanol–water partition coefficient (Wildman–Crippen LogP) is 2.06. The van der Waals surface area contributed by atoms with Gasteiger partial charge in [0.2, 0.25) is 5.82 Å². The summed E-state index contributed by atoms with van der Waals surface area (Å²) in [6, 6.07) is 1.35. The van der Waals surface area contributed by atoms with Gasteiger partial charge in [-0.25, -0.2) is 9.97 Å². The molecule has 0 amide bonds. The molecule has 3 N–H and O–H groups in total. The molecule has 0 radical (unpaired) electrons. The van der Waals surface area contributed by atoms with Crippen LogP contribution >= 0.6 is 11.8 Å². The molecule has 0 aliphatic rings. The highest BCUT2D eigenvalue weighted by Gasteiger charge is 2.35. The average Bonchev–Trinajstić information content (AvgIpc) is 2.35. The van der Waals surface area contributed by atoms with Gasteiger partial charge in [-0.15, -0.1) is 0 Å². The lowest BCUT2D eigenvalue weighted by Crippen LogP contribution is -2.36. The highest BCUT2D eigenvalue weighted by molar-refractivity contribution is 7.98. The maximum absolute atomic E-state index is 12.6. The first-order valence-corrected chi connectivity index (χ1v) is 7.16. The van der Waals surface area contributed by atoms with E-state index in [4.69, 9.17) is 0 Å². The molecule has 1 rings (SSSR count). The highest BCUT2D eigenvalue weighted by atomic mass is 32.2. The zero-order valence-corrected chi connectivity index (χ0v) is 12.2. The number of hydrogen-bond acceptors (Lipinski definition) is 6. The molecule has 0 aromatic carbocycles. The Kier molecular flexibility index (Phi) is 5.46. The Morgan fingerprint density at radius 1 is 1.30 bits per heavy atom. The first-order valence-electron chi connectivity index (χ1n) is 5.77. The van der Waals surface area contributed by atoms with E-state index in [0.717, 1.165) is 0 Å². The molecule has 1 heterocycles. The summed E-state index contributed by atoms with van der Waals surface area (Å²) >= 11 is 1.44. The van der Waals surface area contributed by atoms with Gasteiger partial charge in [-0.3, -0.25) is 0 Å². The third-order valence-electron chi connectivity index (χ3n) is 2.34. The largest absolute Gasteiger partial charge is 0.451 e. The van der Waals surface area contributed by atoms with Gasteiger partial charge in [0.1, 0.15) is 11.6 Å². The van der Waals surface area contributed by atoms with Crippen molar-refractivity contribution in [1.29, 1.82) is 0 Å². The van der Waals surface area contributed by atoms with E-state index in [2.05, 4.69) is 20.6 Å². The van der Waals surface area contributed by atoms with Gasteiger partial charge in [-0.2, -0.15) is 24.9 Å². The summed E-state index contributed by atoms with van der Waals surface area (Å²) in [6.45, 7) is 1.69. The fourth-order valence-electron chi connectivity index (χ4n) is 1.44. The van der Waals surface area contributed by atoms with Gasteiger partial charge in [-0.1, -0.05) is 0 Å². The van der Waals surface area contributed by atoms with Crippen LogP contribution in [-0.4, -0.2) is 46.3 Å². The number of nitrogens with zero attached hydrogens (tertiary/aromatic N) is 2. The Morgan fingerprint density at radius 2 is 1.90 bits per heavy atom. The molecule has 9 heteroatoms.